The molecule has 2 heteroatoms. The molecule has 0 aliphatic rings. The van der Waals surface area contributed by atoms with Crippen molar-refractivity contribution >= 4 is 11.6 Å². The van der Waals surface area contributed by atoms with Crippen molar-refractivity contribution in [3.63, 3.8) is 0 Å². The number of Topliss-reactive ketones (excluding diaryl/α,β-unsaturated/α-hetero) is 2. The van der Waals surface area contributed by atoms with Crippen LogP contribution in [-0.4, -0.2) is 11.6 Å². The van der Waals surface area contributed by atoms with Gasteiger partial charge in [0.25, 0.3) is 0 Å². The van der Waals surface area contributed by atoms with Crippen LogP contribution in [0.1, 0.15) is 22.3 Å². The highest BCUT2D eigenvalue weighted by Gasteiger charge is 2.15. The number of rotatable bonds is 5. The van der Waals surface area contributed by atoms with E-state index in [4.69, 9.17) is 0 Å². The summed E-state index contributed by atoms with van der Waals surface area (Å²) in [6.07, 6.45) is 0.871. The number of hydrogen-bond acceptors (Lipinski definition) is 2. The number of hydrogen-bond donors (Lipinski definition) is 0. The number of aryl methyl sites for hydroxylation is 1. The summed E-state index contributed by atoms with van der Waals surface area (Å²) in [4.78, 5) is 23.6. The molecule has 0 atom stereocenters. The Labute approximate surface area is 106 Å². The third-order valence-corrected chi connectivity index (χ3v) is 2.77. The molecule has 0 fully saturated rings. The molecule has 2 rings (SSSR count). The Kier molecular flexibility index (Phi) is 4.02. The molecular formula is C16H14O2. The first-order valence-corrected chi connectivity index (χ1v) is 5.94. The van der Waals surface area contributed by atoms with Crippen molar-refractivity contribution in [2.45, 2.75) is 12.8 Å². The fourth-order valence-corrected chi connectivity index (χ4v) is 1.77. The van der Waals surface area contributed by atoms with Crippen molar-refractivity contribution in [1.29, 1.82) is 0 Å². The Bertz CT molecular complexity index is 530. The zero-order valence-electron chi connectivity index (χ0n) is 10.0. The van der Waals surface area contributed by atoms with E-state index >= 15 is 0 Å². The maximum atomic E-state index is 11.8. The fraction of sp³-hybridized carbons (Fsp3) is 0.125. The van der Waals surface area contributed by atoms with E-state index in [9.17, 15) is 9.59 Å². The second kappa shape index (κ2) is 5.92. The summed E-state index contributed by atoms with van der Waals surface area (Å²) in [5.74, 6) is -0.725. The van der Waals surface area contributed by atoms with Crippen LogP contribution in [0.2, 0.25) is 0 Å². The maximum absolute atomic E-state index is 11.8. The predicted molar refractivity (Wildman–Crippen MR) is 70.5 cm³/mol. The highest BCUT2D eigenvalue weighted by molar-refractivity contribution is 6.43. The quantitative estimate of drug-likeness (QED) is 0.592. The maximum Gasteiger partial charge on any atom is 0.228 e. The minimum absolute atomic E-state index is 0.262. The number of carbonyl (C=O) groups excluding carboxylic acids is 2. The molecule has 0 heterocycles. The lowest BCUT2D eigenvalue weighted by Gasteiger charge is -2.01. The molecule has 0 aliphatic carbocycles. The molecule has 0 N–H and O–H groups in total. The smallest absolute Gasteiger partial charge is 0.228 e. The first-order chi connectivity index (χ1) is 8.77. The van der Waals surface area contributed by atoms with Crippen molar-refractivity contribution in [3.8, 4) is 0 Å². The van der Waals surface area contributed by atoms with Gasteiger partial charge in [0.15, 0.2) is 0 Å². The number of benzene rings is 2. The topological polar surface area (TPSA) is 34.1 Å². The van der Waals surface area contributed by atoms with E-state index in [1.165, 1.54) is 0 Å². The largest absolute Gasteiger partial charge is 0.290 e. The van der Waals surface area contributed by atoms with Crippen LogP contribution in [-0.2, 0) is 11.2 Å². The zero-order valence-corrected chi connectivity index (χ0v) is 10.0. The van der Waals surface area contributed by atoms with E-state index in [-0.39, 0.29) is 12.2 Å². The lowest BCUT2D eigenvalue weighted by atomic mass is 10.0. The average Bonchev–Trinajstić information content (AvgIpc) is 2.46. The average molecular weight is 238 g/mol. The Morgan fingerprint density at radius 3 is 1.94 bits per heavy atom. The second-order valence-electron chi connectivity index (χ2n) is 4.10. The standard InChI is InChI=1S/C16H14O2/c17-15(12-11-13-7-3-1-4-8-13)16(18)14-9-5-2-6-10-14/h1-10H,11-12H2. The number of carbonyl (C=O) groups is 2. The van der Waals surface area contributed by atoms with Gasteiger partial charge in [-0.2, -0.15) is 0 Å². The minimum atomic E-state index is -0.397. The van der Waals surface area contributed by atoms with Crippen LogP contribution in [0.25, 0.3) is 0 Å². The molecule has 2 aromatic rings. The van der Waals surface area contributed by atoms with Gasteiger partial charge in [-0.3, -0.25) is 9.59 Å². The van der Waals surface area contributed by atoms with Crippen LogP contribution in [0.4, 0.5) is 0 Å². The SMILES string of the molecule is O=C(CCc1ccccc1)C(=O)c1ccccc1. The summed E-state index contributed by atoms with van der Waals surface area (Å²) in [6, 6.07) is 18.4. The summed E-state index contributed by atoms with van der Waals surface area (Å²) < 4.78 is 0. The Morgan fingerprint density at radius 1 is 0.778 bits per heavy atom. The van der Waals surface area contributed by atoms with Gasteiger partial charge in [-0.1, -0.05) is 60.7 Å². The normalized spacial score (nSPS) is 10.0. The Balaban J connectivity index is 1.95. The van der Waals surface area contributed by atoms with Crippen molar-refractivity contribution in [2.24, 2.45) is 0 Å². The molecule has 0 spiro atoms. The summed E-state index contributed by atoms with van der Waals surface area (Å²) in [5.41, 5.74) is 1.54. The van der Waals surface area contributed by atoms with Gasteiger partial charge >= 0.3 is 0 Å². The lowest BCUT2D eigenvalue weighted by molar-refractivity contribution is -0.115. The molecule has 2 aromatic carbocycles. The van der Waals surface area contributed by atoms with Gasteiger partial charge in [-0.15, -0.1) is 0 Å². The van der Waals surface area contributed by atoms with Crippen molar-refractivity contribution in [3.05, 3.63) is 71.8 Å². The third-order valence-electron chi connectivity index (χ3n) is 2.77. The van der Waals surface area contributed by atoms with E-state index in [0.29, 0.717) is 12.0 Å². The predicted octanol–water partition coefficient (Wildman–Crippen LogP) is 3.07. The van der Waals surface area contributed by atoms with Crippen LogP contribution in [0.15, 0.2) is 60.7 Å². The second-order valence-corrected chi connectivity index (χ2v) is 4.10. The molecular weight excluding hydrogens is 224 g/mol. The molecule has 0 saturated carbocycles. The Morgan fingerprint density at radius 2 is 1.33 bits per heavy atom. The molecule has 18 heavy (non-hydrogen) atoms. The van der Waals surface area contributed by atoms with Gasteiger partial charge in [0.05, 0.1) is 0 Å². The molecule has 0 aromatic heterocycles. The van der Waals surface area contributed by atoms with Crippen molar-refractivity contribution < 1.29 is 9.59 Å². The van der Waals surface area contributed by atoms with Gasteiger partial charge in [0.2, 0.25) is 11.6 Å². The zero-order chi connectivity index (χ0) is 12.8. The van der Waals surface area contributed by atoms with Crippen LogP contribution in [0, 0.1) is 0 Å². The summed E-state index contributed by atoms with van der Waals surface area (Å²) in [7, 11) is 0. The first-order valence-electron chi connectivity index (χ1n) is 5.94. The van der Waals surface area contributed by atoms with Crippen LogP contribution < -0.4 is 0 Å². The van der Waals surface area contributed by atoms with E-state index in [1.807, 2.05) is 36.4 Å². The summed E-state index contributed by atoms with van der Waals surface area (Å²) >= 11 is 0. The molecule has 0 radical (unpaired) electrons. The summed E-state index contributed by atoms with van der Waals surface area (Å²) in [6.45, 7) is 0. The van der Waals surface area contributed by atoms with E-state index in [2.05, 4.69) is 0 Å². The lowest BCUT2D eigenvalue weighted by Crippen LogP contribution is -2.14. The van der Waals surface area contributed by atoms with Gasteiger partial charge in [-0.05, 0) is 12.0 Å². The van der Waals surface area contributed by atoms with Crippen LogP contribution >= 0.6 is 0 Å². The molecule has 0 bridgehead atoms. The molecule has 0 aliphatic heterocycles. The molecule has 90 valence electrons. The molecule has 0 amide bonds. The van der Waals surface area contributed by atoms with E-state index < -0.39 is 5.78 Å². The van der Waals surface area contributed by atoms with Crippen LogP contribution in [0.3, 0.4) is 0 Å². The van der Waals surface area contributed by atoms with Crippen LogP contribution in [0.5, 0.6) is 0 Å². The first kappa shape index (κ1) is 12.2. The van der Waals surface area contributed by atoms with Gasteiger partial charge in [0, 0.05) is 12.0 Å². The number of ketones is 2. The van der Waals surface area contributed by atoms with Crippen molar-refractivity contribution in [1.82, 2.24) is 0 Å². The van der Waals surface area contributed by atoms with Gasteiger partial charge in [-0.25, -0.2) is 0 Å². The highest BCUT2D eigenvalue weighted by atomic mass is 16.2. The summed E-state index contributed by atoms with van der Waals surface area (Å²) in [5, 5.41) is 0. The minimum Gasteiger partial charge on any atom is -0.290 e. The third kappa shape index (κ3) is 3.14. The molecule has 2 nitrogen and oxygen atoms in total. The van der Waals surface area contributed by atoms with Gasteiger partial charge < -0.3 is 0 Å². The molecule has 0 unspecified atom stereocenters. The van der Waals surface area contributed by atoms with Gasteiger partial charge in [0.1, 0.15) is 0 Å². The monoisotopic (exact) mass is 238 g/mol. The fourth-order valence-electron chi connectivity index (χ4n) is 1.77. The van der Waals surface area contributed by atoms with Crippen molar-refractivity contribution in [2.75, 3.05) is 0 Å². The highest BCUT2D eigenvalue weighted by Crippen LogP contribution is 2.06. The molecule has 0 saturated heterocycles. The van der Waals surface area contributed by atoms with E-state index in [1.54, 1.807) is 24.3 Å². The van der Waals surface area contributed by atoms with E-state index in [0.717, 1.165) is 5.56 Å². The Hall–Kier alpha value is -2.22.